The van der Waals surface area contributed by atoms with E-state index in [2.05, 4.69) is 26.0 Å². The van der Waals surface area contributed by atoms with E-state index in [1.54, 1.807) is 0 Å². The normalized spacial score (nSPS) is 15.5. The van der Waals surface area contributed by atoms with Crippen LogP contribution < -0.4 is 5.30 Å². The average Bonchev–Trinajstić information content (AvgIpc) is 2.18. The predicted octanol–water partition coefficient (Wildman–Crippen LogP) is 3.45. The van der Waals surface area contributed by atoms with Gasteiger partial charge in [-0.3, -0.25) is 0 Å². The zero-order valence-corrected chi connectivity index (χ0v) is 10.3. The van der Waals surface area contributed by atoms with Crippen LogP contribution in [-0.4, -0.2) is 12.8 Å². The Morgan fingerprint density at radius 1 is 1.21 bits per heavy atom. The molecular formula is C12H19OP. The van der Waals surface area contributed by atoms with Gasteiger partial charge in [0.05, 0.1) is 0 Å². The van der Waals surface area contributed by atoms with E-state index >= 15 is 0 Å². The predicted molar refractivity (Wildman–Crippen MR) is 64.2 cm³/mol. The summed E-state index contributed by atoms with van der Waals surface area (Å²) >= 11 is 0. The van der Waals surface area contributed by atoms with Crippen LogP contribution in [0.5, 0.6) is 0 Å². The van der Waals surface area contributed by atoms with Crippen LogP contribution in [0, 0.1) is 0 Å². The molecule has 0 amide bonds. The molecule has 0 aliphatic rings. The third-order valence-electron chi connectivity index (χ3n) is 2.71. The van der Waals surface area contributed by atoms with Crippen LogP contribution in [-0.2, 0) is 4.57 Å². The van der Waals surface area contributed by atoms with Crippen molar-refractivity contribution < 1.29 is 4.57 Å². The fraction of sp³-hybridized carbons (Fsp3) is 0.500. The molecule has 0 N–H and O–H groups in total. The van der Waals surface area contributed by atoms with E-state index in [-0.39, 0.29) is 0 Å². The lowest BCUT2D eigenvalue weighted by atomic mass is 10.0. The van der Waals surface area contributed by atoms with Crippen LogP contribution in [0.4, 0.5) is 0 Å². The SMILES string of the molecule is CCP(C)(=O)c1ccc(C(C)C)cc1. The van der Waals surface area contributed by atoms with Gasteiger partial charge in [-0.05, 0) is 18.1 Å². The molecule has 1 rings (SSSR count). The zero-order chi connectivity index (χ0) is 10.8. The largest absolute Gasteiger partial charge is 0.319 e. The van der Waals surface area contributed by atoms with Gasteiger partial charge in [-0.2, -0.15) is 0 Å². The van der Waals surface area contributed by atoms with E-state index in [0.29, 0.717) is 5.92 Å². The third-order valence-corrected chi connectivity index (χ3v) is 5.31. The molecule has 0 saturated heterocycles. The lowest BCUT2D eigenvalue weighted by Gasteiger charge is -2.12. The summed E-state index contributed by atoms with van der Waals surface area (Å²) in [4.78, 5) is 0. The summed E-state index contributed by atoms with van der Waals surface area (Å²) in [6, 6.07) is 8.21. The van der Waals surface area contributed by atoms with E-state index in [0.717, 1.165) is 11.5 Å². The van der Waals surface area contributed by atoms with Gasteiger partial charge in [-0.25, -0.2) is 0 Å². The summed E-state index contributed by atoms with van der Waals surface area (Å²) in [6.45, 7) is 8.18. The fourth-order valence-corrected chi connectivity index (χ4v) is 2.50. The maximum atomic E-state index is 12.1. The smallest absolute Gasteiger partial charge is 0.112 e. The third kappa shape index (κ3) is 2.48. The molecule has 14 heavy (non-hydrogen) atoms. The van der Waals surface area contributed by atoms with E-state index in [4.69, 9.17) is 0 Å². The molecule has 1 aromatic rings. The summed E-state index contributed by atoms with van der Waals surface area (Å²) in [5.74, 6) is 0.543. The molecular weight excluding hydrogens is 191 g/mol. The standard InChI is InChI=1S/C12H19OP/c1-5-14(4,13)12-8-6-11(7-9-12)10(2)3/h6-10H,5H2,1-4H3. The Hall–Kier alpha value is -0.550. The van der Waals surface area contributed by atoms with Gasteiger partial charge < -0.3 is 4.57 Å². The quantitative estimate of drug-likeness (QED) is 0.698. The van der Waals surface area contributed by atoms with E-state index in [1.165, 1.54) is 5.56 Å². The van der Waals surface area contributed by atoms with Crippen molar-refractivity contribution in [3.8, 4) is 0 Å². The summed E-state index contributed by atoms with van der Waals surface area (Å²) in [5, 5.41) is 1.00. The zero-order valence-electron chi connectivity index (χ0n) is 9.45. The van der Waals surface area contributed by atoms with Gasteiger partial charge in [0.25, 0.3) is 0 Å². The number of hydrogen-bond acceptors (Lipinski definition) is 1. The summed E-state index contributed by atoms with van der Waals surface area (Å²) in [7, 11) is -2.08. The molecule has 0 aliphatic heterocycles. The van der Waals surface area contributed by atoms with Crippen molar-refractivity contribution in [3.63, 3.8) is 0 Å². The Morgan fingerprint density at radius 3 is 2.07 bits per heavy atom. The lowest BCUT2D eigenvalue weighted by molar-refractivity contribution is 0.585. The van der Waals surface area contributed by atoms with Crippen LogP contribution in [0.3, 0.4) is 0 Å². The lowest BCUT2D eigenvalue weighted by Crippen LogP contribution is -2.05. The second kappa shape index (κ2) is 4.31. The highest BCUT2D eigenvalue weighted by molar-refractivity contribution is 7.70. The Bertz CT molecular complexity index is 338. The molecule has 78 valence electrons. The van der Waals surface area contributed by atoms with Gasteiger partial charge in [-0.1, -0.05) is 45.0 Å². The summed E-state index contributed by atoms with van der Waals surface area (Å²) < 4.78 is 12.1. The van der Waals surface area contributed by atoms with Gasteiger partial charge in [0.2, 0.25) is 0 Å². The first-order valence-electron chi connectivity index (χ1n) is 5.14. The highest BCUT2D eigenvalue weighted by Crippen LogP contribution is 2.39. The number of benzene rings is 1. The molecule has 1 aromatic carbocycles. The van der Waals surface area contributed by atoms with Crippen LogP contribution in [0.1, 0.15) is 32.3 Å². The van der Waals surface area contributed by atoms with Gasteiger partial charge in [0, 0.05) is 11.5 Å². The molecule has 0 aromatic heterocycles. The molecule has 0 fully saturated rings. The molecule has 1 atom stereocenters. The Labute approximate surface area is 86.9 Å². The van der Waals surface area contributed by atoms with Crippen molar-refractivity contribution in [1.82, 2.24) is 0 Å². The van der Waals surface area contributed by atoms with Crippen LogP contribution >= 0.6 is 7.14 Å². The van der Waals surface area contributed by atoms with Crippen LogP contribution in [0.25, 0.3) is 0 Å². The minimum absolute atomic E-state index is 0.543. The molecule has 0 saturated carbocycles. The molecule has 2 heteroatoms. The van der Waals surface area contributed by atoms with Crippen molar-refractivity contribution in [1.29, 1.82) is 0 Å². The van der Waals surface area contributed by atoms with Gasteiger partial charge in [0.15, 0.2) is 0 Å². The Kier molecular flexibility index (Phi) is 3.55. The number of rotatable bonds is 3. The second-order valence-corrected chi connectivity index (χ2v) is 7.51. The first-order chi connectivity index (χ1) is 6.47. The second-order valence-electron chi connectivity index (χ2n) is 4.16. The maximum Gasteiger partial charge on any atom is 0.112 e. The van der Waals surface area contributed by atoms with Crippen molar-refractivity contribution in [3.05, 3.63) is 29.8 Å². The molecule has 0 radical (unpaired) electrons. The van der Waals surface area contributed by atoms with Crippen molar-refractivity contribution >= 4 is 12.4 Å². The molecule has 0 aliphatic carbocycles. The van der Waals surface area contributed by atoms with E-state index in [9.17, 15) is 4.57 Å². The molecule has 0 spiro atoms. The summed E-state index contributed by atoms with van der Waals surface area (Å²) in [6.07, 6.45) is 0.744. The molecule has 1 unspecified atom stereocenters. The van der Waals surface area contributed by atoms with Gasteiger partial charge >= 0.3 is 0 Å². The minimum atomic E-state index is -2.08. The maximum absolute atomic E-state index is 12.1. The van der Waals surface area contributed by atoms with Gasteiger partial charge in [0.1, 0.15) is 7.14 Å². The topological polar surface area (TPSA) is 17.1 Å². The van der Waals surface area contributed by atoms with Crippen molar-refractivity contribution in [2.75, 3.05) is 12.8 Å². The van der Waals surface area contributed by atoms with Crippen molar-refractivity contribution in [2.45, 2.75) is 26.7 Å². The first-order valence-corrected chi connectivity index (χ1v) is 7.48. The summed E-state index contributed by atoms with van der Waals surface area (Å²) in [5.41, 5.74) is 1.31. The fourth-order valence-electron chi connectivity index (χ4n) is 1.36. The monoisotopic (exact) mass is 210 g/mol. The first kappa shape index (κ1) is 11.5. The highest BCUT2D eigenvalue weighted by atomic mass is 31.2. The Balaban J connectivity index is 3.00. The van der Waals surface area contributed by atoms with Gasteiger partial charge in [-0.15, -0.1) is 0 Å². The van der Waals surface area contributed by atoms with Crippen LogP contribution in [0.15, 0.2) is 24.3 Å². The molecule has 0 bridgehead atoms. The molecule has 0 heterocycles. The van der Waals surface area contributed by atoms with Crippen LogP contribution in [0.2, 0.25) is 0 Å². The van der Waals surface area contributed by atoms with Crippen molar-refractivity contribution in [2.24, 2.45) is 0 Å². The Morgan fingerprint density at radius 2 is 1.71 bits per heavy atom. The van der Waals surface area contributed by atoms with E-state index < -0.39 is 7.14 Å². The number of hydrogen-bond donors (Lipinski definition) is 0. The highest BCUT2D eigenvalue weighted by Gasteiger charge is 2.14. The van der Waals surface area contributed by atoms with E-state index in [1.807, 2.05) is 25.7 Å². The minimum Gasteiger partial charge on any atom is -0.319 e. The molecule has 1 nitrogen and oxygen atoms in total. The average molecular weight is 210 g/mol.